The van der Waals surface area contributed by atoms with Crippen molar-refractivity contribution in [3.05, 3.63) is 58.7 Å². The molecule has 1 aliphatic carbocycles. The van der Waals surface area contributed by atoms with Crippen molar-refractivity contribution < 1.29 is 53.7 Å². The quantitative estimate of drug-likeness (QED) is 0.357. The van der Waals surface area contributed by atoms with Gasteiger partial charge in [0.15, 0.2) is 11.6 Å². The van der Waals surface area contributed by atoms with E-state index in [0.717, 1.165) is 32.1 Å². The minimum atomic E-state index is -5.46. The van der Waals surface area contributed by atoms with Crippen LogP contribution in [0.25, 0.3) is 0 Å². The summed E-state index contributed by atoms with van der Waals surface area (Å²) in [4.78, 5) is 0. The third-order valence-electron chi connectivity index (χ3n) is 6.54. The first-order chi connectivity index (χ1) is 16.8. The van der Waals surface area contributed by atoms with E-state index in [4.69, 9.17) is 4.74 Å². The molecule has 1 heterocycles. The predicted molar refractivity (Wildman–Crippen MR) is 107 cm³/mol. The lowest BCUT2D eigenvalue weighted by molar-refractivity contribution is -0.276. The minimum Gasteiger partial charge on any atom is -0.429 e. The highest BCUT2D eigenvalue weighted by molar-refractivity contribution is 5.36. The average Bonchev–Trinajstić information content (AvgIpc) is 3.30. The van der Waals surface area contributed by atoms with Gasteiger partial charge in [0.25, 0.3) is 0 Å². The van der Waals surface area contributed by atoms with Gasteiger partial charge >= 0.3 is 12.5 Å². The van der Waals surface area contributed by atoms with E-state index in [1.165, 1.54) is 0 Å². The van der Waals surface area contributed by atoms with Gasteiger partial charge in [0.1, 0.15) is 22.9 Å². The van der Waals surface area contributed by atoms with Crippen LogP contribution >= 0.6 is 0 Å². The zero-order valence-electron chi connectivity index (χ0n) is 18.6. The van der Waals surface area contributed by atoms with E-state index in [1.54, 1.807) is 0 Å². The van der Waals surface area contributed by atoms with Crippen LogP contribution in [-0.2, 0) is 10.8 Å². The fourth-order valence-electron chi connectivity index (χ4n) is 4.90. The van der Waals surface area contributed by atoms with Crippen molar-refractivity contribution in [2.24, 2.45) is 11.8 Å². The Bertz CT molecular complexity index is 1040. The van der Waals surface area contributed by atoms with Crippen molar-refractivity contribution in [1.82, 2.24) is 0 Å². The van der Waals surface area contributed by atoms with Gasteiger partial charge < -0.3 is 14.2 Å². The van der Waals surface area contributed by atoms with Gasteiger partial charge in [0.2, 0.25) is 5.75 Å². The zero-order valence-corrected chi connectivity index (χ0v) is 18.6. The largest absolute Gasteiger partial charge is 0.573 e. The van der Waals surface area contributed by atoms with E-state index in [2.05, 4.69) is 9.47 Å². The first kappa shape index (κ1) is 26.4. The Hall–Kier alpha value is -2.63. The van der Waals surface area contributed by atoms with Crippen LogP contribution in [0, 0.1) is 35.1 Å². The van der Waals surface area contributed by atoms with Crippen LogP contribution in [0.1, 0.15) is 55.8 Å². The molecule has 2 aliphatic rings. The van der Waals surface area contributed by atoms with Crippen LogP contribution in [0.5, 0.6) is 11.5 Å². The molecule has 2 unspecified atom stereocenters. The number of benzene rings is 2. The summed E-state index contributed by atoms with van der Waals surface area (Å²) in [7, 11) is 0. The molecule has 0 N–H and O–H groups in total. The maximum atomic E-state index is 14.6. The molecule has 0 bridgehead atoms. The Morgan fingerprint density at radius 2 is 1.28 bits per heavy atom. The van der Waals surface area contributed by atoms with E-state index < -0.39 is 58.9 Å². The lowest BCUT2D eigenvalue weighted by atomic mass is 9.84. The number of hydrogen-bond donors (Lipinski definition) is 0. The fourth-order valence-corrected chi connectivity index (χ4v) is 4.90. The van der Waals surface area contributed by atoms with Crippen molar-refractivity contribution in [1.29, 1.82) is 0 Å². The van der Waals surface area contributed by atoms with Gasteiger partial charge in [-0.3, -0.25) is 0 Å². The first-order valence-electron chi connectivity index (χ1n) is 11.3. The Labute approximate surface area is 200 Å². The van der Waals surface area contributed by atoms with Crippen molar-refractivity contribution in [2.45, 2.75) is 57.1 Å². The molecule has 0 radical (unpaired) electrons. The van der Waals surface area contributed by atoms with Crippen LogP contribution in [0.15, 0.2) is 24.3 Å². The standard InChI is InChI=1S/C24H21F9O3/c25-16-7-14(20-6-5-13(11-34-20)12-3-1-2-4-12)8-17(26)21(16)23(29,30)35-15-9-18(27)22(19(28)10-15)36-24(31,32)33/h7-10,12-13,20H,1-6,11H2. The number of ether oxygens (including phenoxy) is 3. The molecule has 12 heteroatoms. The highest BCUT2D eigenvalue weighted by atomic mass is 19.4. The summed E-state index contributed by atoms with van der Waals surface area (Å²) in [5.74, 6) is -9.74. The molecule has 0 amide bonds. The van der Waals surface area contributed by atoms with E-state index in [0.29, 0.717) is 37.0 Å². The summed E-state index contributed by atoms with van der Waals surface area (Å²) >= 11 is 0. The molecule has 3 nitrogen and oxygen atoms in total. The third kappa shape index (κ3) is 5.84. The Balaban J connectivity index is 1.50. The number of hydrogen-bond acceptors (Lipinski definition) is 3. The molecule has 0 spiro atoms. The second-order valence-electron chi connectivity index (χ2n) is 8.95. The van der Waals surface area contributed by atoms with Gasteiger partial charge in [-0.05, 0) is 42.4 Å². The topological polar surface area (TPSA) is 27.7 Å². The van der Waals surface area contributed by atoms with Gasteiger partial charge in [-0.15, -0.1) is 13.2 Å². The molecular weight excluding hydrogens is 507 g/mol. The minimum absolute atomic E-state index is 0.0140. The fraction of sp³-hybridized carbons (Fsp3) is 0.500. The number of halogens is 9. The van der Waals surface area contributed by atoms with Crippen molar-refractivity contribution in [3.63, 3.8) is 0 Å². The molecule has 2 fully saturated rings. The average molecular weight is 528 g/mol. The lowest BCUT2D eigenvalue weighted by Crippen LogP contribution is -2.27. The molecule has 0 aromatic heterocycles. The summed E-state index contributed by atoms with van der Waals surface area (Å²) in [5.41, 5.74) is -1.82. The highest BCUT2D eigenvalue weighted by Crippen LogP contribution is 2.42. The molecule has 2 aromatic carbocycles. The van der Waals surface area contributed by atoms with Crippen LogP contribution in [-0.4, -0.2) is 13.0 Å². The maximum Gasteiger partial charge on any atom is 0.573 e. The van der Waals surface area contributed by atoms with E-state index >= 15 is 0 Å². The summed E-state index contributed by atoms with van der Waals surface area (Å²) < 4.78 is 136. The molecular formula is C24H21F9O3. The van der Waals surface area contributed by atoms with Crippen molar-refractivity contribution >= 4 is 0 Å². The van der Waals surface area contributed by atoms with Gasteiger partial charge in [-0.2, -0.15) is 8.78 Å². The van der Waals surface area contributed by atoms with Crippen LogP contribution in [0.4, 0.5) is 39.5 Å². The number of alkyl halides is 5. The lowest BCUT2D eigenvalue weighted by Gasteiger charge is -2.33. The third-order valence-corrected chi connectivity index (χ3v) is 6.54. The summed E-state index contributed by atoms with van der Waals surface area (Å²) in [6.07, 6.45) is -5.16. The van der Waals surface area contributed by atoms with Crippen LogP contribution < -0.4 is 9.47 Å². The predicted octanol–water partition coefficient (Wildman–Crippen LogP) is 7.93. The number of rotatable bonds is 6. The van der Waals surface area contributed by atoms with Crippen molar-refractivity contribution in [2.75, 3.05) is 6.61 Å². The Morgan fingerprint density at radius 1 is 0.694 bits per heavy atom. The Kier molecular flexibility index (Phi) is 7.36. The van der Waals surface area contributed by atoms with E-state index in [9.17, 15) is 39.5 Å². The molecule has 4 rings (SSSR count). The van der Waals surface area contributed by atoms with Gasteiger partial charge in [-0.25, -0.2) is 17.6 Å². The molecule has 1 aliphatic heterocycles. The smallest absolute Gasteiger partial charge is 0.429 e. The zero-order chi connectivity index (χ0) is 26.3. The van der Waals surface area contributed by atoms with Crippen LogP contribution in [0.2, 0.25) is 0 Å². The normalized spacial score (nSPS) is 21.6. The van der Waals surface area contributed by atoms with E-state index in [1.807, 2.05) is 0 Å². The Morgan fingerprint density at radius 3 is 1.78 bits per heavy atom. The summed E-state index contributed by atoms with van der Waals surface area (Å²) in [6, 6.07) is 1.30. The molecule has 2 aromatic rings. The SMILES string of the molecule is Fc1cc(OC(F)(F)c2c(F)cc(C3CCC(C4CCCC4)CO3)cc2F)cc(F)c1OC(F)(F)F. The summed E-state index contributed by atoms with van der Waals surface area (Å²) in [6.45, 7) is 0.394. The van der Waals surface area contributed by atoms with Crippen LogP contribution in [0.3, 0.4) is 0 Å². The monoisotopic (exact) mass is 528 g/mol. The molecule has 1 saturated heterocycles. The highest BCUT2D eigenvalue weighted by Gasteiger charge is 2.42. The summed E-state index contributed by atoms with van der Waals surface area (Å²) in [5, 5.41) is 0. The molecule has 1 saturated carbocycles. The maximum absolute atomic E-state index is 14.6. The molecule has 36 heavy (non-hydrogen) atoms. The van der Waals surface area contributed by atoms with Gasteiger partial charge in [0.05, 0.1) is 12.7 Å². The van der Waals surface area contributed by atoms with Crippen molar-refractivity contribution in [3.8, 4) is 11.5 Å². The first-order valence-corrected chi connectivity index (χ1v) is 11.3. The second kappa shape index (κ2) is 10.0. The van der Waals surface area contributed by atoms with Gasteiger partial charge in [0, 0.05) is 12.1 Å². The molecule has 2 atom stereocenters. The van der Waals surface area contributed by atoms with E-state index in [-0.39, 0.29) is 17.7 Å². The second-order valence-corrected chi connectivity index (χ2v) is 8.95. The molecule has 198 valence electrons. The van der Waals surface area contributed by atoms with Gasteiger partial charge in [-0.1, -0.05) is 25.7 Å².